The number of carbonyl (C=O) groups is 1. The summed E-state index contributed by atoms with van der Waals surface area (Å²) in [4.78, 5) is 11.0. The number of ether oxygens (including phenoxy) is 1. The van der Waals surface area contributed by atoms with Crippen molar-refractivity contribution in [2.24, 2.45) is 0 Å². The average molecular weight is 192 g/mol. The smallest absolute Gasteiger partial charge is 0.346 e. The number of rotatable bonds is 4. The van der Waals surface area contributed by atoms with Crippen molar-refractivity contribution < 1.29 is 14.6 Å². The molecular formula is C11H12O3. The van der Waals surface area contributed by atoms with Crippen LogP contribution in [0.3, 0.4) is 0 Å². The van der Waals surface area contributed by atoms with Crippen LogP contribution in [0.15, 0.2) is 12.2 Å². The minimum atomic E-state index is -0.604. The molecule has 0 heterocycles. The summed E-state index contributed by atoms with van der Waals surface area (Å²) in [5.74, 6) is 7.04. The standard InChI is InChI=1S/C11H12O3/c1-3-4-5-6-7-10(2)11(13)14-9-8-12/h1,12H,2,4-5,8-9H2. The van der Waals surface area contributed by atoms with Gasteiger partial charge in [-0.2, -0.15) is 0 Å². The maximum absolute atomic E-state index is 11.0. The lowest BCUT2D eigenvalue weighted by atomic mass is 10.2. The van der Waals surface area contributed by atoms with E-state index in [1.54, 1.807) is 0 Å². The number of hydrogen-bond donors (Lipinski definition) is 1. The summed E-state index contributed by atoms with van der Waals surface area (Å²) in [6.07, 6.45) is 6.09. The highest BCUT2D eigenvalue weighted by Crippen LogP contribution is 1.93. The molecule has 0 aliphatic heterocycles. The van der Waals surface area contributed by atoms with Gasteiger partial charge in [0.25, 0.3) is 0 Å². The van der Waals surface area contributed by atoms with Crippen molar-refractivity contribution in [3.8, 4) is 24.2 Å². The van der Waals surface area contributed by atoms with Gasteiger partial charge < -0.3 is 9.84 Å². The van der Waals surface area contributed by atoms with E-state index in [1.807, 2.05) is 0 Å². The van der Waals surface area contributed by atoms with Gasteiger partial charge in [0.15, 0.2) is 0 Å². The van der Waals surface area contributed by atoms with Crippen molar-refractivity contribution in [1.82, 2.24) is 0 Å². The summed E-state index contributed by atoms with van der Waals surface area (Å²) in [5.41, 5.74) is 0.0791. The monoisotopic (exact) mass is 192 g/mol. The van der Waals surface area contributed by atoms with E-state index < -0.39 is 5.97 Å². The van der Waals surface area contributed by atoms with Gasteiger partial charge >= 0.3 is 5.97 Å². The Hall–Kier alpha value is -1.71. The highest BCUT2D eigenvalue weighted by atomic mass is 16.5. The molecule has 0 bridgehead atoms. The van der Waals surface area contributed by atoms with E-state index >= 15 is 0 Å². The van der Waals surface area contributed by atoms with Crippen LogP contribution in [0.4, 0.5) is 0 Å². The minimum Gasteiger partial charge on any atom is -0.459 e. The molecule has 0 unspecified atom stereocenters. The van der Waals surface area contributed by atoms with Crippen LogP contribution in [-0.2, 0) is 9.53 Å². The molecule has 0 aliphatic carbocycles. The van der Waals surface area contributed by atoms with Gasteiger partial charge in [-0.05, 0) is 0 Å². The lowest BCUT2D eigenvalue weighted by molar-refractivity contribution is -0.139. The summed E-state index contributed by atoms with van der Waals surface area (Å²) in [6.45, 7) is 3.18. The second-order valence-corrected chi connectivity index (χ2v) is 2.34. The van der Waals surface area contributed by atoms with Gasteiger partial charge in [-0.15, -0.1) is 12.3 Å². The van der Waals surface area contributed by atoms with E-state index in [2.05, 4.69) is 29.1 Å². The van der Waals surface area contributed by atoms with Crippen LogP contribution in [0.2, 0.25) is 0 Å². The molecule has 3 heteroatoms. The first-order valence-corrected chi connectivity index (χ1v) is 4.11. The molecule has 0 saturated heterocycles. The van der Waals surface area contributed by atoms with Crippen molar-refractivity contribution in [1.29, 1.82) is 0 Å². The fraction of sp³-hybridized carbons (Fsp3) is 0.364. The van der Waals surface area contributed by atoms with Crippen molar-refractivity contribution in [2.75, 3.05) is 13.2 Å². The topological polar surface area (TPSA) is 46.5 Å². The van der Waals surface area contributed by atoms with Crippen LogP contribution in [0.1, 0.15) is 12.8 Å². The number of carbonyl (C=O) groups excluding carboxylic acids is 1. The lowest BCUT2D eigenvalue weighted by Gasteiger charge is -1.99. The van der Waals surface area contributed by atoms with Crippen molar-refractivity contribution in [3.05, 3.63) is 12.2 Å². The molecule has 14 heavy (non-hydrogen) atoms. The van der Waals surface area contributed by atoms with Crippen LogP contribution in [0.25, 0.3) is 0 Å². The molecule has 0 aliphatic rings. The molecule has 0 aromatic rings. The number of aliphatic hydroxyl groups excluding tert-OH is 1. The maximum Gasteiger partial charge on any atom is 0.346 e. The van der Waals surface area contributed by atoms with Crippen molar-refractivity contribution >= 4 is 5.97 Å². The van der Waals surface area contributed by atoms with Crippen LogP contribution in [-0.4, -0.2) is 24.3 Å². The Morgan fingerprint density at radius 2 is 2.21 bits per heavy atom. The Labute approximate surface area is 83.8 Å². The first-order valence-electron chi connectivity index (χ1n) is 4.11. The Morgan fingerprint density at radius 1 is 1.50 bits per heavy atom. The van der Waals surface area contributed by atoms with Gasteiger partial charge in [-0.3, -0.25) is 0 Å². The van der Waals surface area contributed by atoms with E-state index in [1.165, 1.54) is 0 Å². The molecule has 0 radical (unpaired) electrons. The van der Waals surface area contributed by atoms with Crippen LogP contribution in [0.5, 0.6) is 0 Å². The first-order chi connectivity index (χ1) is 6.72. The summed E-state index contributed by atoms with van der Waals surface area (Å²) < 4.78 is 4.58. The highest BCUT2D eigenvalue weighted by molar-refractivity contribution is 5.92. The number of esters is 1. The number of terminal acetylenes is 1. The predicted molar refractivity (Wildman–Crippen MR) is 53.0 cm³/mol. The normalized spacial score (nSPS) is 8.00. The second-order valence-electron chi connectivity index (χ2n) is 2.34. The summed E-state index contributed by atoms with van der Waals surface area (Å²) >= 11 is 0. The zero-order valence-corrected chi connectivity index (χ0v) is 7.88. The van der Waals surface area contributed by atoms with E-state index in [4.69, 9.17) is 11.5 Å². The zero-order valence-electron chi connectivity index (χ0n) is 7.88. The molecule has 0 spiro atoms. The van der Waals surface area contributed by atoms with Gasteiger partial charge in [0.2, 0.25) is 0 Å². The molecule has 0 atom stereocenters. The molecule has 0 aromatic carbocycles. The SMILES string of the molecule is C#CCCC#CC(=C)C(=O)OCCO. The molecule has 0 saturated carbocycles. The number of aliphatic hydroxyl groups is 1. The molecule has 0 amide bonds. The Morgan fingerprint density at radius 3 is 2.79 bits per heavy atom. The molecule has 0 fully saturated rings. The average Bonchev–Trinajstić information content (AvgIpc) is 2.20. The Kier molecular flexibility index (Phi) is 6.95. The van der Waals surface area contributed by atoms with Gasteiger partial charge in [0, 0.05) is 12.8 Å². The molecule has 0 rings (SSSR count). The van der Waals surface area contributed by atoms with E-state index in [0.717, 1.165) is 0 Å². The predicted octanol–water partition coefficient (Wildman–Crippen LogP) is 0.495. The van der Waals surface area contributed by atoms with Crippen LogP contribution in [0, 0.1) is 24.2 Å². The number of hydrogen-bond acceptors (Lipinski definition) is 3. The summed E-state index contributed by atoms with van der Waals surface area (Å²) in [5, 5.41) is 8.38. The van der Waals surface area contributed by atoms with Gasteiger partial charge in [-0.1, -0.05) is 18.4 Å². The van der Waals surface area contributed by atoms with Crippen LogP contribution >= 0.6 is 0 Å². The third kappa shape index (κ3) is 5.88. The Bertz CT molecular complexity index is 299. The van der Waals surface area contributed by atoms with E-state index in [0.29, 0.717) is 12.8 Å². The molecule has 0 aromatic heterocycles. The largest absolute Gasteiger partial charge is 0.459 e. The fourth-order valence-electron chi connectivity index (χ4n) is 0.580. The maximum atomic E-state index is 11.0. The van der Waals surface area contributed by atoms with Crippen LogP contribution < -0.4 is 0 Å². The molecule has 74 valence electrons. The minimum absolute atomic E-state index is 0.0378. The third-order valence-corrected chi connectivity index (χ3v) is 1.20. The van der Waals surface area contributed by atoms with Gasteiger partial charge in [-0.25, -0.2) is 4.79 Å². The second kappa shape index (κ2) is 7.91. The van der Waals surface area contributed by atoms with Crippen molar-refractivity contribution in [3.63, 3.8) is 0 Å². The quantitative estimate of drug-likeness (QED) is 0.305. The lowest BCUT2D eigenvalue weighted by Crippen LogP contribution is -2.09. The highest BCUT2D eigenvalue weighted by Gasteiger charge is 2.03. The fourth-order valence-corrected chi connectivity index (χ4v) is 0.580. The summed E-state index contributed by atoms with van der Waals surface area (Å²) in [6, 6.07) is 0. The zero-order chi connectivity index (χ0) is 10.8. The van der Waals surface area contributed by atoms with E-state index in [-0.39, 0.29) is 18.8 Å². The van der Waals surface area contributed by atoms with Crippen molar-refractivity contribution in [2.45, 2.75) is 12.8 Å². The van der Waals surface area contributed by atoms with E-state index in [9.17, 15) is 4.79 Å². The third-order valence-electron chi connectivity index (χ3n) is 1.20. The molecule has 1 N–H and O–H groups in total. The Balaban J connectivity index is 3.87. The first kappa shape index (κ1) is 12.3. The molecular weight excluding hydrogens is 180 g/mol. The van der Waals surface area contributed by atoms with Gasteiger partial charge in [0.05, 0.1) is 6.61 Å². The molecule has 3 nitrogen and oxygen atoms in total. The number of unbranched alkanes of at least 4 members (excludes halogenated alkanes) is 1. The summed E-state index contributed by atoms with van der Waals surface area (Å²) in [7, 11) is 0. The van der Waals surface area contributed by atoms with Gasteiger partial charge in [0.1, 0.15) is 12.2 Å².